The summed E-state index contributed by atoms with van der Waals surface area (Å²) in [6.07, 6.45) is 0.178. The Morgan fingerprint density at radius 1 is 1.22 bits per heavy atom. The van der Waals surface area contributed by atoms with Gasteiger partial charge in [0.1, 0.15) is 0 Å². The van der Waals surface area contributed by atoms with Crippen LogP contribution >= 0.6 is 0 Å². The number of carbonyl (C=O) groups is 2. The molecule has 0 aromatic heterocycles. The van der Waals surface area contributed by atoms with Crippen LogP contribution in [0, 0.1) is 23.2 Å². The minimum absolute atomic E-state index is 0.00449. The second kappa shape index (κ2) is 4.24. The number of anilines is 1. The van der Waals surface area contributed by atoms with E-state index in [1.54, 1.807) is 6.92 Å². The molecule has 4 rings (SSSR count). The zero-order chi connectivity index (χ0) is 16.6. The largest absolute Gasteiger partial charge is 0.416 e. The first-order valence-corrected chi connectivity index (χ1v) is 7.48. The van der Waals surface area contributed by atoms with Crippen LogP contribution in [0.5, 0.6) is 0 Å². The van der Waals surface area contributed by atoms with Gasteiger partial charge >= 0.3 is 6.18 Å². The van der Waals surface area contributed by atoms with Crippen molar-refractivity contribution in [1.29, 1.82) is 0 Å². The zero-order valence-electron chi connectivity index (χ0n) is 12.3. The number of carbonyl (C=O) groups excluding carboxylic acids is 2. The highest BCUT2D eigenvalue weighted by Crippen LogP contribution is 2.60. The van der Waals surface area contributed by atoms with E-state index in [2.05, 4.69) is 0 Å². The van der Waals surface area contributed by atoms with E-state index in [0.29, 0.717) is 0 Å². The molecule has 3 aliphatic rings. The standard InChI is InChI=1S/C17H14F3NO2/c1-16-10-6-5-9(7-10)13(16)14(22)21(15(16)23)12-4-2-3-11(8-12)17(18,19)20/h2-6,8-10,13H,7H2,1H3/t9-,10+,13+,16+/m0/s1. The first kappa shape index (κ1) is 14.5. The van der Waals surface area contributed by atoms with Crippen LogP contribution in [-0.2, 0) is 15.8 Å². The van der Waals surface area contributed by atoms with Crippen molar-refractivity contribution < 1.29 is 22.8 Å². The van der Waals surface area contributed by atoms with E-state index in [4.69, 9.17) is 0 Å². The highest BCUT2D eigenvalue weighted by molar-refractivity contribution is 6.24. The molecule has 2 fully saturated rings. The molecule has 0 unspecified atom stereocenters. The average Bonchev–Trinajstić information content (AvgIpc) is 3.11. The molecule has 2 aliphatic carbocycles. The molecule has 2 bridgehead atoms. The number of hydrogen-bond acceptors (Lipinski definition) is 2. The molecule has 120 valence electrons. The predicted octanol–water partition coefficient (Wildman–Crippen LogP) is 3.41. The summed E-state index contributed by atoms with van der Waals surface area (Å²) in [6, 6.07) is 4.41. The maximum atomic E-state index is 12.9. The van der Waals surface area contributed by atoms with Gasteiger partial charge in [0.25, 0.3) is 0 Å². The third-order valence-corrected chi connectivity index (χ3v) is 5.54. The molecule has 0 spiro atoms. The van der Waals surface area contributed by atoms with E-state index in [0.717, 1.165) is 23.5 Å². The lowest BCUT2D eigenvalue weighted by molar-refractivity contribution is -0.137. The van der Waals surface area contributed by atoms with E-state index >= 15 is 0 Å². The number of fused-ring (bicyclic) bond motifs is 5. The van der Waals surface area contributed by atoms with Crippen LogP contribution in [0.25, 0.3) is 0 Å². The Morgan fingerprint density at radius 2 is 1.96 bits per heavy atom. The van der Waals surface area contributed by atoms with Gasteiger partial charge in [0.2, 0.25) is 11.8 Å². The molecular formula is C17H14F3NO2. The van der Waals surface area contributed by atoms with E-state index in [1.807, 2.05) is 12.2 Å². The molecule has 1 saturated carbocycles. The Hall–Kier alpha value is -2.11. The first-order chi connectivity index (χ1) is 10.7. The normalized spacial score (nSPS) is 35.3. The number of amides is 2. The third kappa shape index (κ3) is 1.72. The van der Waals surface area contributed by atoms with Crippen LogP contribution in [0.1, 0.15) is 18.9 Å². The minimum atomic E-state index is -4.51. The van der Waals surface area contributed by atoms with Crippen LogP contribution in [0.2, 0.25) is 0 Å². The average molecular weight is 321 g/mol. The van der Waals surface area contributed by atoms with Crippen LogP contribution in [0.3, 0.4) is 0 Å². The molecule has 1 saturated heterocycles. The van der Waals surface area contributed by atoms with Crippen LogP contribution in [0.4, 0.5) is 18.9 Å². The molecular weight excluding hydrogens is 307 g/mol. The number of imide groups is 1. The van der Waals surface area contributed by atoms with Gasteiger partial charge in [-0.2, -0.15) is 13.2 Å². The Kier molecular flexibility index (Phi) is 2.67. The maximum Gasteiger partial charge on any atom is 0.416 e. The minimum Gasteiger partial charge on any atom is -0.274 e. The van der Waals surface area contributed by atoms with Crippen LogP contribution < -0.4 is 4.90 Å². The number of nitrogens with zero attached hydrogens (tertiary/aromatic N) is 1. The maximum absolute atomic E-state index is 12.9. The van der Waals surface area contributed by atoms with Crippen molar-refractivity contribution in [2.75, 3.05) is 4.90 Å². The summed E-state index contributed by atoms with van der Waals surface area (Å²) in [5.41, 5.74) is -1.69. The van der Waals surface area contributed by atoms with Gasteiger partial charge in [-0.1, -0.05) is 18.2 Å². The quantitative estimate of drug-likeness (QED) is 0.587. The Balaban J connectivity index is 1.78. The van der Waals surface area contributed by atoms with Gasteiger partial charge in [-0.15, -0.1) is 0 Å². The van der Waals surface area contributed by atoms with E-state index in [1.165, 1.54) is 12.1 Å². The van der Waals surface area contributed by atoms with E-state index < -0.39 is 23.1 Å². The lowest BCUT2D eigenvalue weighted by atomic mass is 9.71. The SMILES string of the molecule is C[C@]12C(=O)N(c3cccc(C(F)(F)F)c3)C(=O)[C@H]1[C@H]1C=C[C@@H]2C1. The number of rotatable bonds is 1. The summed E-state index contributed by atoms with van der Waals surface area (Å²) >= 11 is 0. The van der Waals surface area contributed by atoms with E-state index in [9.17, 15) is 22.8 Å². The Morgan fingerprint density at radius 3 is 2.61 bits per heavy atom. The van der Waals surface area contributed by atoms with Gasteiger partial charge < -0.3 is 0 Å². The third-order valence-electron chi connectivity index (χ3n) is 5.54. The second-order valence-electron chi connectivity index (χ2n) is 6.68. The Bertz CT molecular complexity index is 754. The smallest absolute Gasteiger partial charge is 0.274 e. The van der Waals surface area contributed by atoms with Crippen molar-refractivity contribution in [2.45, 2.75) is 19.5 Å². The molecule has 0 N–H and O–H groups in total. The highest BCUT2D eigenvalue weighted by atomic mass is 19.4. The summed E-state index contributed by atoms with van der Waals surface area (Å²) in [5, 5.41) is 0. The van der Waals surface area contributed by atoms with Crippen molar-refractivity contribution in [3.05, 3.63) is 42.0 Å². The predicted molar refractivity (Wildman–Crippen MR) is 76.3 cm³/mol. The molecule has 1 aromatic rings. The topological polar surface area (TPSA) is 37.4 Å². The molecule has 0 radical (unpaired) electrons. The van der Waals surface area contributed by atoms with Crippen molar-refractivity contribution in [3.8, 4) is 0 Å². The monoisotopic (exact) mass is 321 g/mol. The van der Waals surface area contributed by atoms with Crippen molar-refractivity contribution in [1.82, 2.24) is 0 Å². The van der Waals surface area contributed by atoms with Crippen LogP contribution in [-0.4, -0.2) is 11.8 Å². The van der Waals surface area contributed by atoms with Gasteiger partial charge in [0.15, 0.2) is 0 Å². The number of alkyl halides is 3. The van der Waals surface area contributed by atoms with Gasteiger partial charge in [-0.25, -0.2) is 4.90 Å². The summed E-state index contributed by atoms with van der Waals surface area (Å²) in [6.45, 7) is 1.76. The summed E-state index contributed by atoms with van der Waals surface area (Å²) < 4.78 is 38.7. The first-order valence-electron chi connectivity index (χ1n) is 7.48. The molecule has 3 nitrogen and oxygen atoms in total. The summed E-state index contributed by atoms with van der Waals surface area (Å²) in [5.74, 6) is -1.22. The zero-order valence-corrected chi connectivity index (χ0v) is 12.3. The lowest BCUT2D eigenvalue weighted by Gasteiger charge is -2.28. The molecule has 1 aromatic carbocycles. The van der Waals surface area contributed by atoms with Crippen molar-refractivity contribution in [3.63, 3.8) is 0 Å². The summed E-state index contributed by atoms with van der Waals surface area (Å²) in [4.78, 5) is 26.6. The van der Waals surface area contributed by atoms with Gasteiger partial charge in [-0.05, 0) is 43.4 Å². The molecule has 6 heteroatoms. The number of hydrogen-bond donors (Lipinski definition) is 0. The number of halogens is 3. The van der Waals surface area contributed by atoms with Crippen molar-refractivity contribution >= 4 is 17.5 Å². The number of allylic oxidation sites excluding steroid dienone is 2. The highest BCUT2D eigenvalue weighted by Gasteiger charge is 2.67. The fourth-order valence-corrected chi connectivity index (χ4v) is 4.37. The van der Waals surface area contributed by atoms with Crippen LogP contribution in [0.15, 0.2) is 36.4 Å². The molecule has 23 heavy (non-hydrogen) atoms. The lowest BCUT2D eigenvalue weighted by Crippen LogP contribution is -2.37. The van der Waals surface area contributed by atoms with E-state index in [-0.39, 0.29) is 29.3 Å². The number of benzene rings is 1. The molecule has 1 aliphatic heterocycles. The molecule has 1 heterocycles. The summed E-state index contributed by atoms with van der Waals surface area (Å²) in [7, 11) is 0. The molecule has 4 atom stereocenters. The Labute approximate surface area is 130 Å². The fourth-order valence-electron chi connectivity index (χ4n) is 4.37. The van der Waals surface area contributed by atoms with Gasteiger partial charge in [0, 0.05) is 0 Å². The fraction of sp³-hybridized carbons (Fsp3) is 0.412. The van der Waals surface area contributed by atoms with Crippen molar-refractivity contribution in [2.24, 2.45) is 23.2 Å². The molecule has 2 amide bonds. The van der Waals surface area contributed by atoms with Gasteiger partial charge in [-0.3, -0.25) is 9.59 Å². The second-order valence-corrected chi connectivity index (χ2v) is 6.68. The van der Waals surface area contributed by atoms with Gasteiger partial charge in [0.05, 0.1) is 22.6 Å².